The Balaban J connectivity index is 2.01. The second kappa shape index (κ2) is 10.9. The summed E-state index contributed by atoms with van der Waals surface area (Å²) in [5.74, 6) is 0.385. The SMILES string of the molecule is CNC(=O)C(C)N(Cc1ccc(Cl)cc1Cl)C(=O)CCCOc1ccccc1. The molecule has 28 heavy (non-hydrogen) atoms. The van der Waals surface area contributed by atoms with Gasteiger partial charge in [-0.3, -0.25) is 9.59 Å². The van der Waals surface area contributed by atoms with Gasteiger partial charge in [0.1, 0.15) is 11.8 Å². The molecule has 0 radical (unpaired) electrons. The number of carbonyl (C=O) groups is 2. The zero-order valence-corrected chi connectivity index (χ0v) is 17.5. The van der Waals surface area contributed by atoms with Gasteiger partial charge in [-0.1, -0.05) is 47.5 Å². The molecular formula is C21H24Cl2N2O3. The van der Waals surface area contributed by atoms with Crippen LogP contribution in [0.1, 0.15) is 25.3 Å². The molecule has 0 aliphatic heterocycles. The first kappa shape index (κ1) is 22.1. The molecule has 1 N–H and O–H groups in total. The van der Waals surface area contributed by atoms with E-state index in [1.54, 1.807) is 32.2 Å². The molecule has 150 valence electrons. The fraction of sp³-hybridized carbons (Fsp3) is 0.333. The number of ether oxygens (including phenoxy) is 1. The van der Waals surface area contributed by atoms with E-state index in [9.17, 15) is 9.59 Å². The van der Waals surface area contributed by atoms with Gasteiger partial charge in [-0.25, -0.2) is 0 Å². The second-order valence-corrected chi connectivity index (χ2v) is 7.16. The highest BCUT2D eigenvalue weighted by Crippen LogP contribution is 2.23. The summed E-state index contributed by atoms with van der Waals surface area (Å²) >= 11 is 12.2. The number of amides is 2. The van der Waals surface area contributed by atoms with Crippen molar-refractivity contribution in [3.63, 3.8) is 0 Å². The van der Waals surface area contributed by atoms with Gasteiger partial charge < -0.3 is 15.0 Å². The number of likely N-dealkylation sites (N-methyl/N-ethyl adjacent to an activating group) is 1. The highest BCUT2D eigenvalue weighted by molar-refractivity contribution is 6.35. The maximum atomic E-state index is 12.8. The van der Waals surface area contributed by atoms with Crippen LogP contribution in [0.3, 0.4) is 0 Å². The summed E-state index contributed by atoms with van der Waals surface area (Å²) in [4.78, 5) is 26.5. The molecular weight excluding hydrogens is 399 g/mol. The lowest BCUT2D eigenvalue weighted by molar-refractivity contribution is -0.140. The normalized spacial score (nSPS) is 11.6. The molecule has 7 heteroatoms. The van der Waals surface area contributed by atoms with Crippen molar-refractivity contribution in [3.05, 3.63) is 64.1 Å². The van der Waals surface area contributed by atoms with Gasteiger partial charge in [-0.15, -0.1) is 0 Å². The molecule has 2 rings (SSSR count). The lowest BCUT2D eigenvalue weighted by atomic mass is 10.1. The van der Waals surface area contributed by atoms with Gasteiger partial charge in [0.15, 0.2) is 0 Å². The zero-order valence-electron chi connectivity index (χ0n) is 16.0. The van der Waals surface area contributed by atoms with Crippen molar-refractivity contribution in [2.75, 3.05) is 13.7 Å². The Morgan fingerprint density at radius 1 is 1.14 bits per heavy atom. The quantitative estimate of drug-likeness (QED) is 0.612. The molecule has 2 amide bonds. The van der Waals surface area contributed by atoms with Crippen molar-refractivity contribution in [1.82, 2.24) is 10.2 Å². The molecule has 0 aliphatic rings. The number of nitrogens with zero attached hydrogens (tertiary/aromatic N) is 1. The summed E-state index contributed by atoms with van der Waals surface area (Å²) in [5.41, 5.74) is 0.732. The minimum atomic E-state index is -0.626. The third kappa shape index (κ3) is 6.43. The molecule has 0 saturated heterocycles. The van der Waals surface area contributed by atoms with Crippen LogP contribution in [0.4, 0.5) is 0 Å². The number of rotatable bonds is 9. The minimum absolute atomic E-state index is 0.140. The first-order valence-electron chi connectivity index (χ1n) is 9.05. The Bertz CT molecular complexity index is 799. The largest absolute Gasteiger partial charge is 0.494 e. The monoisotopic (exact) mass is 422 g/mol. The zero-order chi connectivity index (χ0) is 20.5. The summed E-state index contributed by atoms with van der Waals surface area (Å²) in [6, 6.07) is 13.9. The van der Waals surface area contributed by atoms with Gasteiger partial charge in [0.05, 0.1) is 6.61 Å². The maximum absolute atomic E-state index is 12.8. The average molecular weight is 423 g/mol. The average Bonchev–Trinajstić information content (AvgIpc) is 2.70. The Hall–Kier alpha value is -2.24. The molecule has 0 fully saturated rings. The summed E-state index contributed by atoms with van der Waals surface area (Å²) in [7, 11) is 1.55. The summed E-state index contributed by atoms with van der Waals surface area (Å²) in [6.07, 6.45) is 0.804. The van der Waals surface area contributed by atoms with E-state index in [0.29, 0.717) is 23.1 Å². The van der Waals surface area contributed by atoms with Gasteiger partial charge in [-0.2, -0.15) is 0 Å². The van der Waals surface area contributed by atoms with Crippen LogP contribution in [-0.2, 0) is 16.1 Å². The molecule has 1 atom stereocenters. The summed E-state index contributed by atoms with van der Waals surface area (Å²) in [6.45, 7) is 2.34. The molecule has 1 unspecified atom stereocenters. The number of carbonyl (C=O) groups excluding carboxylic acids is 2. The Labute approximate surface area is 175 Å². The van der Waals surface area contributed by atoms with Gasteiger partial charge in [-0.05, 0) is 43.2 Å². The fourth-order valence-electron chi connectivity index (χ4n) is 2.70. The predicted octanol–water partition coefficient (Wildman–Crippen LogP) is 4.32. The van der Waals surface area contributed by atoms with Crippen LogP contribution in [0.25, 0.3) is 0 Å². The van der Waals surface area contributed by atoms with Gasteiger partial charge in [0, 0.05) is 30.1 Å². The van der Waals surface area contributed by atoms with Gasteiger partial charge >= 0.3 is 0 Å². The van der Waals surface area contributed by atoms with E-state index >= 15 is 0 Å². The Morgan fingerprint density at radius 2 is 1.86 bits per heavy atom. The van der Waals surface area contributed by atoms with E-state index in [1.807, 2.05) is 30.3 Å². The first-order chi connectivity index (χ1) is 13.4. The van der Waals surface area contributed by atoms with E-state index in [4.69, 9.17) is 27.9 Å². The first-order valence-corrected chi connectivity index (χ1v) is 9.80. The van der Waals surface area contributed by atoms with Gasteiger partial charge in [0.2, 0.25) is 11.8 Å². The van der Waals surface area contributed by atoms with Crippen LogP contribution in [0.2, 0.25) is 10.0 Å². The number of hydrogen-bond donors (Lipinski definition) is 1. The highest BCUT2D eigenvalue weighted by atomic mass is 35.5. The van der Waals surface area contributed by atoms with Crippen LogP contribution in [0.15, 0.2) is 48.5 Å². The van der Waals surface area contributed by atoms with Crippen molar-refractivity contribution in [2.45, 2.75) is 32.4 Å². The summed E-state index contributed by atoms with van der Waals surface area (Å²) < 4.78 is 5.63. The molecule has 0 heterocycles. The minimum Gasteiger partial charge on any atom is -0.494 e. The highest BCUT2D eigenvalue weighted by Gasteiger charge is 2.25. The summed E-state index contributed by atoms with van der Waals surface area (Å²) in [5, 5.41) is 3.56. The molecule has 0 bridgehead atoms. The number of para-hydroxylation sites is 1. The van der Waals surface area contributed by atoms with Crippen LogP contribution in [0.5, 0.6) is 5.75 Å². The number of benzene rings is 2. The number of hydrogen-bond acceptors (Lipinski definition) is 3. The van der Waals surface area contributed by atoms with Gasteiger partial charge in [0.25, 0.3) is 0 Å². The maximum Gasteiger partial charge on any atom is 0.242 e. The van der Waals surface area contributed by atoms with Crippen molar-refractivity contribution in [2.24, 2.45) is 0 Å². The Morgan fingerprint density at radius 3 is 2.50 bits per heavy atom. The molecule has 2 aromatic carbocycles. The van der Waals surface area contributed by atoms with Crippen molar-refractivity contribution >= 4 is 35.0 Å². The molecule has 0 aromatic heterocycles. The topological polar surface area (TPSA) is 58.6 Å². The lowest BCUT2D eigenvalue weighted by Crippen LogP contribution is -2.46. The third-order valence-electron chi connectivity index (χ3n) is 4.32. The molecule has 2 aromatic rings. The van der Waals surface area contributed by atoms with Crippen LogP contribution >= 0.6 is 23.2 Å². The molecule has 0 saturated carbocycles. The van der Waals surface area contributed by atoms with E-state index in [0.717, 1.165) is 11.3 Å². The van der Waals surface area contributed by atoms with E-state index < -0.39 is 6.04 Å². The third-order valence-corrected chi connectivity index (χ3v) is 4.90. The van der Waals surface area contributed by atoms with Crippen LogP contribution in [0, 0.1) is 0 Å². The van der Waals surface area contributed by atoms with Crippen LogP contribution in [-0.4, -0.2) is 36.4 Å². The van der Waals surface area contributed by atoms with Crippen molar-refractivity contribution in [3.8, 4) is 5.75 Å². The van der Waals surface area contributed by atoms with E-state index in [1.165, 1.54) is 4.90 Å². The van der Waals surface area contributed by atoms with Crippen molar-refractivity contribution in [1.29, 1.82) is 0 Å². The lowest BCUT2D eigenvalue weighted by Gasteiger charge is -2.28. The van der Waals surface area contributed by atoms with Crippen molar-refractivity contribution < 1.29 is 14.3 Å². The standard InChI is InChI=1S/C21H24Cl2N2O3/c1-15(21(27)24-2)25(14-16-10-11-17(22)13-19(16)23)20(26)9-6-12-28-18-7-4-3-5-8-18/h3-5,7-8,10-11,13,15H,6,9,12,14H2,1-2H3,(H,24,27). The predicted molar refractivity (Wildman–Crippen MR) is 112 cm³/mol. The Kier molecular flexibility index (Phi) is 8.61. The number of nitrogens with one attached hydrogen (secondary N) is 1. The van der Waals surface area contributed by atoms with E-state index in [2.05, 4.69) is 5.32 Å². The fourth-order valence-corrected chi connectivity index (χ4v) is 3.17. The van der Waals surface area contributed by atoms with Crippen LogP contribution < -0.4 is 10.1 Å². The van der Waals surface area contributed by atoms with E-state index in [-0.39, 0.29) is 24.8 Å². The second-order valence-electron chi connectivity index (χ2n) is 6.31. The molecule has 0 aliphatic carbocycles. The number of halogens is 2. The smallest absolute Gasteiger partial charge is 0.242 e. The molecule has 0 spiro atoms. The molecule has 5 nitrogen and oxygen atoms in total.